The number of hydrogen-bond donors (Lipinski definition) is 0. The molecule has 0 bridgehead atoms. The van der Waals surface area contributed by atoms with Crippen LogP contribution in [0, 0.1) is 6.92 Å². The van der Waals surface area contributed by atoms with Crippen LogP contribution in [-0.2, 0) is 30.8 Å². The van der Waals surface area contributed by atoms with Gasteiger partial charge in [-0.3, -0.25) is 4.18 Å². The van der Waals surface area contributed by atoms with Crippen molar-refractivity contribution in [3.8, 4) is 16.9 Å². The van der Waals surface area contributed by atoms with Gasteiger partial charge in [-0.25, -0.2) is 4.21 Å². The van der Waals surface area contributed by atoms with Crippen LogP contribution < -0.4 is 4.74 Å². The summed E-state index contributed by atoms with van der Waals surface area (Å²) in [5.41, 5.74) is 3.92. The van der Waals surface area contributed by atoms with Crippen molar-refractivity contribution in [1.29, 1.82) is 0 Å². The Morgan fingerprint density at radius 3 is 2.31 bits per heavy atom. The summed E-state index contributed by atoms with van der Waals surface area (Å²) in [6.45, 7) is 2.50. The van der Waals surface area contributed by atoms with Crippen LogP contribution in [0.25, 0.3) is 11.1 Å². The molecule has 134 valence electrons. The lowest BCUT2D eigenvalue weighted by atomic mass is 10.0. The van der Waals surface area contributed by atoms with E-state index in [9.17, 15) is 4.21 Å². The number of benzene rings is 3. The van der Waals surface area contributed by atoms with E-state index in [2.05, 4.69) is 0 Å². The first-order chi connectivity index (χ1) is 12.5. The van der Waals surface area contributed by atoms with Crippen molar-refractivity contribution in [2.45, 2.75) is 18.4 Å². The molecule has 0 heterocycles. The lowest BCUT2D eigenvalue weighted by Gasteiger charge is -2.13. The highest BCUT2D eigenvalue weighted by atomic mass is 32.8. The summed E-state index contributed by atoms with van der Waals surface area (Å²) in [6.07, 6.45) is 0. The molecule has 0 saturated carbocycles. The fraction of sp³-hybridized carbons (Fsp3) is 0.143. The molecule has 3 aromatic rings. The van der Waals surface area contributed by atoms with E-state index in [4.69, 9.17) is 20.1 Å². The van der Waals surface area contributed by atoms with Crippen molar-refractivity contribution in [2.75, 3.05) is 7.11 Å². The minimum Gasteiger partial charge on any atom is -0.489 e. The van der Waals surface area contributed by atoms with Gasteiger partial charge in [-0.1, -0.05) is 60.2 Å². The van der Waals surface area contributed by atoms with Crippen LogP contribution in [0.4, 0.5) is 0 Å². The van der Waals surface area contributed by atoms with E-state index in [0.717, 1.165) is 28.0 Å². The zero-order valence-corrected chi connectivity index (χ0v) is 16.3. The highest BCUT2D eigenvalue weighted by molar-refractivity contribution is 8.30. The van der Waals surface area contributed by atoms with Gasteiger partial charge in [0.1, 0.15) is 12.4 Å². The Morgan fingerprint density at radius 2 is 1.65 bits per heavy atom. The van der Waals surface area contributed by atoms with E-state index in [0.29, 0.717) is 11.5 Å². The molecule has 0 saturated heterocycles. The highest BCUT2D eigenvalue weighted by Gasteiger charge is 2.16. The van der Waals surface area contributed by atoms with Gasteiger partial charge in [0.25, 0.3) is 0 Å². The van der Waals surface area contributed by atoms with Crippen molar-refractivity contribution < 1.29 is 13.1 Å². The predicted octanol–water partition coefficient (Wildman–Crippen LogP) is 4.91. The van der Waals surface area contributed by atoms with Gasteiger partial charge in [0.2, 0.25) is 0 Å². The van der Waals surface area contributed by atoms with Crippen LogP contribution in [0.5, 0.6) is 5.75 Å². The largest absolute Gasteiger partial charge is 0.489 e. The normalized spacial score (nSPS) is 13.2. The molecule has 3 nitrogen and oxygen atoms in total. The molecule has 0 aliphatic heterocycles. The lowest BCUT2D eigenvalue weighted by molar-refractivity contribution is 0.306. The molecule has 1 unspecified atom stereocenters. The van der Waals surface area contributed by atoms with Crippen LogP contribution in [0.3, 0.4) is 0 Å². The monoisotopic (exact) mass is 384 g/mol. The Kier molecular flexibility index (Phi) is 5.71. The SMILES string of the molecule is COS(=O)(=S)c1ccc(C)cc1-c1ccc(OCc2ccccc2)cc1. The van der Waals surface area contributed by atoms with Gasteiger partial charge in [0.15, 0.2) is 8.77 Å². The molecule has 26 heavy (non-hydrogen) atoms. The second-order valence-corrected chi connectivity index (χ2v) is 8.92. The van der Waals surface area contributed by atoms with Gasteiger partial charge in [0.05, 0.1) is 12.0 Å². The Bertz CT molecular complexity index is 980. The molecule has 0 spiro atoms. The molecular formula is C21H20O3S2. The second kappa shape index (κ2) is 7.99. The number of hydrogen-bond acceptors (Lipinski definition) is 4. The van der Waals surface area contributed by atoms with Gasteiger partial charge >= 0.3 is 0 Å². The average molecular weight is 385 g/mol. The van der Waals surface area contributed by atoms with Gasteiger partial charge in [0, 0.05) is 16.8 Å². The van der Waals surface area contributed by atoms with Crippen LogP contribution in [0.15, 0.2) is 77.7 Å². The summed E-state index contributed by atoms with van der Waals surface area (Å²) < 4.78 is 23.4. The first-order valence-corrected chi connectivity index (χ1v) is 10.6. The van der Waals surface area contributed by atoms with E-state index in [1.807, 2.05) is 73.7 Å². The van der Waals surface area contributed by atoms with Gasteiger partial charge in [-0.2, -0.15) is 0 Å². The smallest absolute Gasteiger partial charge is 0.173 e. The molecule has 3 aromatic carbocycles. The number of ether oxygens (including phenoxy) is 1. The van der Waals surface area contributed by atoms with Crippen molar-refractivity contribution in [2.24, 2.45) is 0 Å². The van der Waals surface area contributed by atoms with Crippen molar-refractivity contribution in [3.05, 3.63) is 83.9 Å². The molecule has 0 N–H and O–H groups in total. The van der Waals surface area contributed by atoms with Crippen LogP contribution in [0.1, 0.15) is 11.1 Å². The summed E-state index contributed by atoms with van der Waals surface area (Å²) in [7, 11) is -1.57. The molecule has 0 amide bonds. The van der Waals surface area contributed by atoms with Crippen molar-refractivity contribution >= 4 is 20.0 Å². The standard InChI is InChI=1S/C21H20O3S2/c1-16-8-13-21(26(22,25)23-2)20(14-16)18-9-11-19(12-10-18)24-15-17-6-4-3-5-7-17/h3-14H,15H2,1-2H3. The van der Waals surface area contributed by atoms with Crippen molar-refractivity contribution in [1.82, 2.24) is 0 Å². The summed E-state index contributed by atoms with van der Waals surface area (Å²) in [4.78, 5) is 0.526. The van der Waals surface area contributed by atoms with Crippen LogP contribution in [0.2, 0.25) is 0 Å². The second-order valence-electron chi connectivity index (χ2n) is 5.92. The van der Waals surface area contributed by atoms with E-state index < -0.39 is 8.77 Å². The molecule has 0 aliphatic rings. The maximum absolute atomic E-state index is 12.6. The third-order valence-corrected chi connectivity index (χ3v) is 6.32. The average Bonchev–Trinajstić information content (AvgIpc) is 2.67. The van der Waals surface area contributed by atoms with Gasteiger partial charge < -0.3 is 4.74 Å². The Balaban J connectivity index is 1.86. The molecular weight excluding hydrogens is 364 g/mol. The number of aryl methyl sites for hydroxylation is 1. The molecule has 0 aromatic heterocycles. The molecule has 0 aliphatic carbocycles. The maximum atomic E-state index is 12.6. The molecule has 1 atom stereocenters. The topological polar surface area (TPSA) is 35.5 Å². The summed E-state index contributed by atoms with van der Waals surface area (Å²) in [6, 6.07) is 23.4. The fourth-order valence-corrected chi connectivity index (χ4v) is 3.95. The molecule has 0 radical (unpaired) electrons. The molecule has 3 rings (SSSR count). The van der Waals surface area contributed by atoms with Crippen molar-refractivity contribution in [3.63, 3.8) is 0 Å². The predicted molar refractivity (Wildman–Crippen MR) is 108 cm³/mol. The summed E-state index contributed by atoms with van der Waals surface area (Å²) >= 11 is 5.14. The maximum Gasteiger partial charge on any atom is 0.173 e. The first-order valence-electron chi connectivity index (χ1n) is 8.18. The van der Waals surface area contributed by atoms with Crippen LogP contribution in [-0.4, -0.2) is 11.3 Å². The summed E-state index contributed by atoms with van der Waals surface area (Å²) in [5, 5.41) is 0. The zero-order chi connectivity index (χ0) is 18.6. The Hall–Kier alpha value is -2.21. The third-order valence-electron chi connectivity index (χ3n) is 4.04. The van der Waals surface area contributed by atoms with Gasteiger partial charge in [-0.05, 0) is 36.2 Å². The lowest BCUT2D eigenvalue weighted by Crippen LogP contribution is -2.03. The van der Waals surface area contributed by atoms with Crippen LogP contribution >= 0.6 is 0 Å². The van der Waals surface area contributed by atoms with Gasteiger partial charge in [-0.15, -0.1) is 0 Å². The third kappa shape index (κ3) is 4.30. The molecule has 0 fully saturated rings. The Morgan fingerprint density at radius 1 is 0.962 bits per heavy atom. The first kappa shape index (κ1) is 18.6. The zero-order valence-electron chi connectivity index (χ0n) is 14.7. The quantitative estimate of drug-likeness (QED) is 0.605. The van der Waals surface area contributed by atoms with E-state index in [1.54, 1.807) is 6.07 Å². The van der Waals surface area contributed by atoms with E-state index in [-0.39, 0.29) is 0 Å². The summed E-state index contributed by atoms with van der Waals surface area (Å²) in [5.74, 6) is 0.776. The van der Waals surface area contributed by atoms with E-state index >= 15 is 0 Å². The van der Waals surface area contributed by atoms with E-state index in [1.165, 1.54) is 7.11 Å². The fourth-order valence-electron chi connectivity index (χ4n) is 2.65. The minimum atomic E-state index is -2.95. The Labute approximate surface area is 159 Å². The minimum absolute atomic E-state index is 0.513. The highest BCUT2D eigenvalue weighted by Crippen LogP contribution is 2.31. The molecule has 5 heteroatoms. The number of rotatable bonds is 6.